The van der Waals surface area contributed by atoms with Gasteiger partial charge in [-0.25, -0.2) is 9.18 Å². The normalized spacial score (nSPS) is 31.8. The molecule has 0 radical (unpaired) electrons. The minimum Gasteiger partial charge on any atom is -0.394 e. The van der Waals surface area contributed by atoms with Crippen molar-refractivity contribution in [1.82, 2.24) is 9.55 Å². The molecule has 1 aromatic heterocycles. The van der Waals surface area contributed by atoms with Crippen LogP contribution < -0.4 is 11.2 Å². The molecule has 0 bridgehead atoms. The Labute approximate surface area is 106 Å². The van der Waals surface area contributed by atoms with Crippen molar-refractivity contribution in [3.63, 3.8) is 0 Å². The number of rotatable bonds is 2. The molecule has 1 fully saturated rings. The van der Waals surface area contributed by atoms with Crippen molar-refractivity contribution >= 4 is 11.6 Å². The van der Waals surface area contributed by atoms with Crippen LogP contribution in [0.4, 0.5) is 4.39 Å². The molecule has 1 aromatic rings. The van der Waals surface area contributed by atoms with Gasteiger partial charge in [0.2, 0.25) is 0 Å². The molecule has 2 rings (SSSR count). The fraction of sp³-hybridized carbons (Fsp3) is 0.600. The molecule has 0 aliphatic carbocycles. The summed E-state index contributed by atoms with van der Waals surface area (Å²) in [6.45, 7) is 0.974. The van der Waals surface area contributed by atoms with E-state index in [2.05, 4.69) is 4.98 Å². The Morgan fingerprint density at radius 1 is 1.61 bits per heavy atom. The summed E-state index contributed by atoms with van der Waals surface area (Å²) in [7, 11) is 0. The molecule has 0 unspecified atom stereocenters. The third kappa shape index (κ3) is 2.09. The van der Waals surface area contributed by atoms with Crippen LogP contribution in [-0.2, 0) is 4.74 Å². The van der Waals surface area contributed by atoms with Gasteiger partial charge in [0.1, 0.15) is 17.7 Å². The molecule has 0 aromatic carbocycles. The average Bonchev–Trinajstić information content (AvgIpc) is 2.61. The summed E-state index contributed by atoms with van der Waals surface area (Å²) in [5.74, 6) is 0. The van der Waals surface area contributed by atoms with E-state index in [4.69, 9.17) is 21.4 Å². The molecule has 2 heterocycles. The minimum atomic E-state index is -1.58. The number of H-pyrrole nitrogens is 1. The van der Waals surface area contributed by atoms with Gasteiger partial charge in [-0.3, -0.25) is 14.3 Å². The number of aromatic nitrogens is 2. The van der Waals surface area contributed by atoms with Crippen molar-refractivity contribution in [2.75, 3.05) is 6.61 Å². The highest BCUT2D eigenvalue weighted by Crippen LogP contribution is 2.34. The van der Waals surface area contributed by atoms with E-state index in [-0.39, 0.29) is 5.56 Å². The number of alkyl halides is 2. The van der Waals surface area contributed by atoms with E-state index in [1.54, 1.807) is 0 Å². The fourth-order valence-corrected chi connectivity index (χ4v) is 2.17. The second-order valence-corrected chi connectivity index (χ2v) is 4.62. The summed E-state index contributed by atoms with van der Waals surface area (Å²) in [4.78, 5) is 24.9. The lowest BCUT2D eigenvalue weighted by Crippen LogP contribution is -2.36. The zero-order valence-corrected chi connectivity index (χ0v) is 10.2. The predicted octanol–water partition coefficient (Wildman–Crippen LogP) is -0.320. The van der Waals surface area contributed by atoms with Crippen LogP contribution in [0.2, 0.25) is 0 Å². The van der Waals surface area contributed by atoms with Crippen molar-refractivity contribution < 1.29 is 14.2 Å². The SMILES string of the molecule is Cc1cn([C@@H]2O[C@H](CO)[C@@H](F)[C@H]2Cl)c(=O)[nH]c1=O. The molecule has 0 spiro atoms. The maximum absolute atomic E-state index is 13.6. The maximum Gasteiger partial charge on any atom is 0.330 e. The highest BCUT2D eigenvalue weighted by molar-refractivity contribution is 6.21. The Bertz CT molecular complexity index is 558. The topological polar surface area (TPSA) is 84.3 Å². The molecule has 4 atom stereocenters. The van der Waals surface area contributed by atoms with Crippen LogP contribution in [0.25, 0.3) is 0 Å². The van der Waals surface area contributed by atoms with Crippen LogP contribution in [-0.4, -0.2) is 38.9 Å². The number of hydrogen-bond acceptors (Lipinski definition) is 4. The first-order valence-electron chi connectivity index (χ1n) is 5.32. The van der Waals surface area contributed by atoms with E-state index in [9.17, 15) is 14.0 Å². The number of ether oxygens (including phenoxy) is 1. The summed E-state index contributed by atoms with van der Waals surface area (Å²) < 4.78 is 19.8. The number of aryl methyl sites for hydroxylation is 1. The van der Waals surface area contributed by atoms with E-state index in [0.717, 1.165) is 4.57 Å². The Morgan fingerprint density at radius 2 is 2.28 bits per heavy atom. The Kier molecular flexibility index (Phi) is 3.56. The summed E-state index contributed by atoms with van der Waals surface area (Å²) in [6, 6.07) is 0. The van der Waals surface area contributed by atoms with Crippen molar-refractivity contribution in [1.29, 1.82) is 0 Å². The van der Waals surface area contributed by atoms with Crippen molar-refractivity contribution in [2.24, 2.45) is 0 Å². The maximum atomic E-state index is 13.6. The van der Waals surface area contributed by atoms with Crippen LogP contribution in [0.3, 0.4) is 0 Å². The largest absolute Gasteiger partial charge is 0.394 e. The molecule has 1 saturated heterocycles. The van der Waals surface area contributed by atoms with E-state index in [0.29, 0.717) is 0 Å². The number of hydrogen-bond donors (Lipinski definition) is 2. The third-order valence-corrected chi connectivity index (χ3v) is 3.30. The first kappa shape index (κ1) is 13.3. The van der Waals surface area contributed by atoms with Gasteiger partial charge < -0.3 is 9.84 Å². The lowest BCUT2D eigenvalue weighted by atomic mass is 10.2. The zero-order valence-electron chi connectivity index (χ0n) is 9.47. The fourth-order valence-electron chi connectivity index (χ4n) is 1.83. The van der Waals surface area contributed by atoms with Crippen LogP contribution in [0, 0.1) is 6.92 Å². The lowest BCUT2D eigenvalue weighted by Gasteiger charge is -2.16. The van der Waals surface area contributed by atoms with E-state index in [1.807, 2.05) is 0 Å². The van der Waals surface area contributed by atoms with E-state index < -0.39 is 41.7 Å². The highest BCUT2D eigenvalue weighted by atomic mass is 35.5. The van der Waals surface area contributed by atoms with Gasteiger partial charge in [0.25, 0.3) is 5.56 Å². The van der Waals surface area contributed by atoms with Gasteiger partial charge >= 0.3 is 5.69 Å². The van der Waals surface area contributed by atoms with Gasteiger partial charge in [0.15, 0.2) is 6.23 Å². The Balaban J connectivity index is 2.42. The minimum absolute atomic E-state index is 0.282. The van der Waals surface area contributed by atoms with Crippen molar-refractivity contribution in [3.05, 3.63) is 32.6 Å². The van der Waals surface area contributed by atoms with Gasteiger partial charge in [-0.1, -0.05) is 0 Å². The van der Waals surface area contributed by atoms with Crippen molar-refractivity contribution in [3.8, 4) is 0 Å². The second-order valence-electron chi connectivity index (χ2n) is 4.12. The predicted molar refractivity (Wildman–Crippen MR) is 61.6 cm³/mol. The molecule has 100 valence electrons. The third-order valence-electron chi connectivity index (χ3n) is 2.85. The molecule has 0 amide bonds. The Morgan fingerprint density at radius 3 is 2.83 bits per heavy atom. The number of nitrogens with one attached hydrogen (secondary N) is 1. The summed E-state index contributed by atoms with van der Waals surface area (Å²) in [5, 5.41) is 7.81. The molecular formula is C10H12ClFN2O4. The molecule has 0 saturated carbocycles. The highest BCUT2D eigenvalue weighted by Gasteiger charge is 2.45. The number of nitrogens with zero attached hydrogens (tertiary/aromatic N) is 1. The summed E-state index contributed by atoms with van der Waals surface area (Å²) >= 11 is 5.84. The summed E-state index contributed by atoms with van der Waals surface area (Å²) in [6.07, 6.45) is -2.45. The van der Waals surface area contributed by atoms with Crippen LogP contribution in [0.15, 0.2) is 15.8 Å². The number of aliphatic hydroxyl groups excluding tert-OH is 1. The molecule has 8 heteroatoms. The summed E-state index contributed by atoms with van der Waals surface area (Å²) in [5.41, 5.74) is -0.965. The van der Waals surface area contributed by atoms with Crippen LogP contribution >= 0.6 is 11.6 Å². The molecular weight excluding hydrogens is 267 g/mol. The smallest absolute Gasteiger partial charge is 0.330 e. The number of aromatic amines is 1. The van der Waals surface area contributed by atoms with Gasteiger partial charge in [-0.2, -0.15) is 0 Å². The zero-order chi connectivity index (χ0) is 13.4. The quantitative estimate of drug-likeness (QED) is 0.726. The van der Waals surface area contributed by atoms with Crippen LogP contribution in [0.5, 0.6) is 0 Å². The number of aliphatic hydroxyl groups is 1. The molecule has 1 aliphatic rings. The van der Waals surface area contributed by atoms with Gasteiger partial charge in [0.05, 0.1) is 6.61 Å². The average molecular weight is 279 g/mol. The standard InChI is InChI=1S/C10H12ClFN2O4/c1-4-2-14(10(17)13-8(4)16)9-6(11)7(12)5(3-15)18-9/h2,5-7,9,15H,3H2,1H3,(H,13,16,17)/t5-,6-,7-,9-/m1/s1. The van der Waals surface area contributed by atoms with E-state index in [1.165, 1.54) is 13.1 Å². The Hall–Kier alpha value is -1.18. The number of halogens is 2. The van der Waals surface area contributed by atoms with Crippen LogP contribution in [0.1, 0.15) is 11.8 Å². The second kappa shape index (κ2) is 4.83. The monoisotopic (exact) mass is 278 g/mol. The van der Waals surface area contributed by atoms with Crippen molar-refractivity contribution in [2.45, 2.75) is 30.8 Å². The van der Waals surface area contributed by atoms with E-state index >= 15 is 0 Å². The first-order valence-corrected chi connectivity index (χ1v) is 5.76. The first-order chi connectivity index (χ1) is 8.45. The molecule has 6 nitrogen and oxygen atoms in total. The molecule has 18 heavy (non-hydrogen) atoms. The van der Waals surface area contributed by atoms with Gasteiger partial charge in [-0.15, -0.1) is 11.6 Å². The van der Waals surface area contributed by atoms with Gasteiger partial charge in [-0.05, 0) is 6.92 Å². The molecule has 1 aliphatic heterocycles. The van der Waals surface area contributed by atoms with Gasteiger partial charge in [0, 0.05) is 11.8 Å². The lowest BCUT2D eigenvalue weighted by molar-refractivity contribution is -0.0353. The molecule has 2 N–H and O–H groups in total.